The first-order valence-electron chi connectivity index (χ1n) is 10.3. The molecule has 160 valence electrons. The monoisotopic (exact) mass is 419 g/mol. The Hall–Kier alpha value is -3.68. The molecule has 2 aromatic carbocycles. The SMILES string of the molecule is CC(c1ccc(-n2cncn2)cc1)N(C)C(=O)COc1ccc(N2CCCC2=O)cc1. The molecule has 1 unspecified atom stereocenters. The molecule has 1 aliphatic heterocycles. The minimum absolute atomic E-state index is 0.0557. The molecule has 1 aromatic heterocycles. The average molecular weight is 419 g/mol. The molecular weight excluding hydrogens is 394 g/mol. The summed E-state index contributed by atoms with van der Waals surface area (Å²) in [6.07, 6.45) is 4.61. The van der Waals surface area contributed by atoms with E-state index in [9.17, 15) is 9.59 Å². The molecule has 3 aromatic rings. The van der Waals surface area contributed by atoms with Crippen LogP contribution in [0.15, 0.2) is 61.2 Å². The van der Waals surface area contributed by atoms with E-state index in [0.717, 1.165) is 29.9 Å². The van der Waals surface area contributed by atoms with Crippen molar-refractivity contribution in [2.24, 2.45) is 0 Å². The average Bonchev–Trinajstić information content (AvgIpc) is 3.49. The molecule has 0 bridgehead atoms. The van der Waals surface area contributed by atoms with Gasteiger partial charge in [-0.1, -0.05) is 12.1 Å². The molecule has 0 radical (unpaired) electrons. The van der Waals surface area contributed by atoms with Gasteiger partial charge in [0, 0.05) is 25.7 Å². The van der Waals surface area contributed by atoms with Gasteiger partial charge in [-0.15, -0.1) is 0 Å². The summed E-state index contributed by atoms with van der Waals surface area (Å²) in [5, 5.41) is 4.11. The van der Waals surface area contributed by atoms with Crippen LogP contribution in [-0.2, 0) is 9.59 Å². The molecule has 1 saturated heterocycles. The lowest BCUT2D eigenvalue weighted by atomic mass is 10.1. The number of hydrogen-bond acceptors (Lipinski definition) is 5. The topological polar surface area (TPSA) is 80.6 Å². The van der Waals surface area contributed by atoms with Gasteiger partial charge in [-0.2, -0.15) is 5.10 Å². The Kier molecular flexibility index (Phi) is 5.97. The van der Waals surface area contributed by atoms with E-state index in [1.54, 1.807) is 40.0 Å². The van der Waals surface area contributed by atoms with Crippen LogP contribution in [-0.4, -0.2) is 51.7 Å². The van der Waals surface area contributed by atoms with Crippen molar-refractivity contribution in [3.63, 3.8) is 0 Å². The maximum Gasteiger partial charge on any atom is 0.260 e. The summed E-state index contributed by atoms with van der Waals surface area (Å²) < 4.78 is 7.36. The van der Waals surface area contributed by atoms with Crippen LogP contribution in [0.1, 0.15) is 31.4 Å². The van der Waals surface area contributed by atoms with Gasteiger partial charge in [0.2, 0.25) is 5.91 Å². The van der Waals surface area contributed by atoms with Crippen LogP contribution in [0.25, 0.3) is 5.69 Å². The van der Waals surface area contributed by atoms with Gasteiger partial charge < -0.3 is 14.5 Å². The lowest BCUT2D eigenvalue weighted by molar-refractivity contribution is -0.134. The fraction of sp³-hybridized carbons (Fsp3) is 0.304. The highest BCUT2D eigenvalue weighted by Gasteiger charge is 2.22. The molecule has 4 rings (SSSR count). The highest BCUT2D eigenvalue weighted by molar-refractivity contribution is 5.95. The van der Waals surface area contributed by atoms with Crippen LogP contribution >= 0.6 is 0 Å². The zero-order chi connectivity index (χ0) is 21.8. The first-order valence-corrected chi connectivity index (χ1v) is 10.3. The van der Waals surface area contributed by atoms with E-state index in [2.05, 4.69) is 10.1 Å². The van der Waals surface area contributed by atoms with Crippen molar-refractivity contribution in [1.29, 1.82) is 0 Å². The molecule has 0 saturated carbocycles. The molecule has 2 amide bonds. The number of anilines is 1. The number of rotatable bonds is 7. The number of carbonyl (C=O) groups is 2. The third kappa shape index (κ3) is 4.58. The maximum absolute atomic E-state index is 12.6. The Bertz CT molecular complexity index is 1030. The summed E-state index contributed by atoms with van der Waals surface area (Å²) in [5.41, 5.74) is 2.78. The molecule has 31 heavy (non-hydrogen) atoms. The quantitative estimate of drug-likeness (QED) is 0.588. The van der Waals surface area contributed by atoms with Crippen LogP contribution in [0.3, 0.4) is 0 Å². The van der Waals surface area contributed by atoms with Crippen LogP contribution in [0.4, 0.5) is 5.69 Å². The summed E-state index contributed by atoms with van der Waals surface area (Å²) in [6.45, 7) is 2.67. The van der Waals surface area contributed by atoms with Crippen molar-refractivity contribution in [2.45, 2.75) is 25.8 Å². The standard InChI is InChI=1S/C23H25N5O3/c1-17(18-5-7-20(8-6-18)28-16-24-15-25-28)26(2)23(30)14-31-21-11-9-19(10-12-21)27-13-3-4-22(27)29/h5-12,15-17H,3-4,13-14H2,1-2H3. The van der Waals surface area contributed by atoms with Gasteiger partial charge in [-0.25, -0.2) is 9.67 Å². The van der Waals surface area contributed by atoms with E-state index in [1.165, 1.54) is 6.33 Å². The van der Waals surface area contributed by atoms with Gasteiger partial charge in [-0.05, 0) is 55.3 Å². The van der Waals surface area contributed by atoms with Crippen molar-refractivity contribution in [2.75, 3.05) is 25.1 Å². The first kappa shape index (κ1) is 20.6. The lowest BCUT2D eigenvalue weighted by Crippen LogP contribution is -2.33. The van der Waals surface area contributed by atoms with Crippen molar-refractivity contribution in [3.8, 4) is 11.4 Å². The first-order chi connectivity index (χ1) is 15.0. The van der Waals surface area contributed by atoms with Gasteiger partial charge >= 0.3 is 0 Å². The van der Waals surface area contributed by atoms with Crippen LogP contribution in [0.5, 0.6) is 5.75 Å². The third-order valence-corrected chi connectivity index (χ3v) is 5.62. The molecule has 1 fully saturated rings. The number of likely N-dealkylation sites (N-methyl/N-ethyl adjacent to an activating group) is 1. The number of hydrogen-bond donors (Lipinski definition) is 0. The molecule has 1 atom stereocenters. The van der Waals surface area contributed by atoms with Crippen molar-refractivity contribution in [3.05, 3.63) is 66.7 Å². The summed E-state index contributed by atoms with van der Waals surface area (Å²) in [7, 11) is 1.77. The highest BCUT2D eigenvalue weighted by atomic mass is 16.5. The van der Waals surface area contributed by atoms with Gasteiger partial charge in [0.15, 0.2) is 6.61 Å². The van der Waals surface area contributed by atoms with Gasteiger partial charge in [0.05, 0.1) is 11.7 Å². The Morgan fingerprint density at radius 1 is 1.13 bits per heavy atom. The number of carbonyl (C=O) groups excluding carboxylic acids is 2. The van der Waals surface area contributed by atoms with Crippen LogP contribution < -0.4 is 9.64 Å². The van der Waals surface area contributed by atoms with E-state index < -0.39 is 0 Å². The summed E-state index contributed by atoms with van der Waals surface area (Å²) in [6, 6.07) is 15.0. The third-order valence-electron chi connectivity index (χ3n) is 5.62. The van der Waals surface area contributed by atoms with Crippen molar-refractivity contribution in [1.82, 2.24) is 19.7 Å². The minimum atomic E-state index is -0.119. The van der Waals surface area contributed by atoms with Crippen molar-refractivity contribution >= 4 is 17.5 Å². The van der Waals surface area contributed by atoms with E-state index in [-0.39, 0.29) is 24.5 Å². The van der Waals surface area contributed by atoms with Crippen LogP contribution in [0.2, 0.25) is 0 Å². The predicted octanol–water partition coefficient (Wildman–Crippen LogP) is 2.99. The van der Waals surface area contributed by atoms with Gasteiger partial charge in [-0.3, -0.25) is 9.59 Å². The molecule has 8 nitrogen and oxygen atoms in total. The normalized spacial score (nSPS) is 14.5. The number of ether oxygens (including phenoxy) is 1. The fourth-order valence-corrected chi connectivity index (χ4v) is 3.58. The Balaban J connectivity index is 1.32. The van der Waals surface area contributed by atoms with E-state index in [1.807, 2.05) is 43.3 Å². The molecule has 1 aliphatic rings. The van der Waals surface area contributed by atoms with E-state index >= 15 is 0 Å². The Morgan fingerprint density at radius 3 is 2.45 bits per heavy atom. The highest BCUT2D eigenvalue weighted by Crippen LogP contribution is 2.24. The zero-order valence-corrected chi connectivity index (χ0v) is 17.6. The molecular formula is C23H25N5O3. The molecule has 8 heteroatoms. The second kappa shape index (κ2) is 8.99. The largest absolute Gasteiger partial charge is 0.484 e. The second-order valence-corrected chi connectivity index (χ2v) is 7.54. The van der Waals surface area contributed by atoms with Gasteiger partial charge in [0.25, 0.3) is 5.91 Å². The Labute approximate surface area is 181 Å². The number of nitrogens with zero attached hydrogens (tertiary/aromatic N) is 5. The smallest absolute Gasteiger partial charge is 0.260 e. The summed E-state index contributed by atoms with van der Waals surface area (Å²) in [5.74, 6) is 0.627. The molecule has 0 aliphatic carbocycles. The molecule has 0 spiro atoms. The molecule has 0 N–H and O–H groups in total. The fourth-order valence-electron chi connectivity index (χ4n) is 3.58. The number of amides is 2. The van der Waals surface area contributed by atoms with Gasteiger partial charge in [0.1, 0.15) is 18.4 Å². The Morgan fingerprint density at radius 2 is 1.84 bits per heavy atom. The van der Waals surface area contributed by atoms with Crippen molar-refractivity contribution < 1.29 is 14.3 Å². The zero-order valence-electron chi connectivity index (χ0n) is 17.6. The van der Waals surface area contributed by atoms with E-state index in [0.29, 0.717) is 12.2 Å². The summed E-state index contributed by atoms with van der Waals surface area (Å²) in [4.78, 5) is 31.9. The lowest BCUT2D eigenvalue weighted by Gasteiger charge is -2.25. The second-order valence-electron chi connectivity index (χ2n) is 7.54. The number of aromatic nitrogens is 3. The summed E-state index contributed by atoms with van der Waals surface area (Å²) >= 11 is 0. The van der Waals surface area contributed by atoms with Crippen LogP contribution in [0, 0.1) is 0 Å². The van der Waals surface area contributed by atoms with E-state index in [4.69, 9.17) is 4.74 Å². The predicted molar refractivity (Wildman–Crippen MR) is 116 cm³/mol. The maximum atomic E-state index is 12.6. The molecule has 2 heterocycles. The number of benzene rings is 2. The minimum Gasteiger partial charge on any atom is -0.484 e.